The number of hydrogen-bond acceptors (Lipinski definition) is 4. The number of phenolic OH excluding ortho intramolecular Hbond substituents is 1. The van der Waals surface area contributed by atoms with Gasteiger partial charge in [0.15, 0.2) is 0 Å². The number of carboxylic acid groups (broad SMARTS) is 1. The lowest BCUT2D eigenvalue weighted by Gasteiger charge is -2.05. The second kappa shape index (κ2) is 4.79. The summed E-state index contributed by atoms with van der Waals surface area (Å²) in [5, 5.41) is 22.1. The maximum absolute atomic E-state index is 10.5. The average Bonchev–Trinajstić information content (AvgIpc) is 2.68. The maximum Gasteiger partial charge on any atom is 0.303 e. The summed E-state index contributed by atoms with van der Waals surface area (Å²) >= 11 is 0. The van der Waals surface area contributed by atoms with Crippen molar-refractivity contribution in [3.8, 4) is 11.4 Å². The van der Waals surface area contributed by atoms with E-state index >= 15 is 0 Å². The molecule has 0 aliphatic rings. The highest BCUT2D eigenvalue weighted by atomic mass is 16.4. The molecule has 0 aliphatic heterocycles. The minimum atomic E-state index is -0.875. The van der Waals surface area contributed by atoms with E-state index in [4.69, 9.17) is 10.8 Å². The molecule has 2 rings (SSSR count). The van der Waals surface area contributed by atoms with Crippen LogP contribution in [-0.4, -0.2) is 26.0 Å². The number of aromatic hydroxyl groups is 1. The van der Waals surface area contributed by atoms with Crippen LogP contribution in [0.2, 0.25) is 0 Å². The predicted molar refractivity (Wildman–Crippen MR) is 65.6 cm³/mol. The molecule has 0 radical (unpaired) electrons. The molecule has 1 aromatic carbocycles. The number of carboxylic acids is 1. The maximum atomic E-state index is 10.5. The highest BCUT2D eigenvalue weighted by molar-refractivity contribution is 5.67. The standard InChI is InChI=1S/C12H13N3O3/c13-12-8(4-5-11(17)18)7-14-15(12)9-2-1-3-10(16)6-9/h1-3,6-7,16H,4-5,13H2,(H,17,18). The number of anilines is 1. The zero-order valence-electron chi connectivity index (χ0n) is 9.58. The Morgan fingerprint density at radius 1 is 1.44 bits per heavy atom. The molecule has 2 aromatic rings. The second-order valence-electron chi connectivity index (χ2n) is 3.88. The molecule has 6 heteroatoms. The first kappa shape index (κ1) is 12.0. The number of aliphatic carboxylic acids is 1. The molecule has 18 heavy (non-hydrogen) atoms. The number of aryl methyl sites for hydroxylation is 1. The van der Waals surface area contributed by atoms with Gasteiger partial charge in [-0.1, -0.05) is 6.07 Å². The molecular formula is C12H13N3O3. The molecule has 94 valence electrons. The number of rotatable bonds is 4. The van der Waals surface area contributed by atoms with E-state index in [9.17, 15) is 9.90 Å². The van der Waals surface area contributed by atoms with Crippen LogP contribution in [0.5, 0.6) is 5.75 Å². The fourth-order valence-corrected chi connectivity index (χ4v) is 1.66. The van der Waals surface area contributed by atoms with Crippen molar-refractivity contribution in [2.45, 2.75) is 12.8 Å². The van der Waals surface area contributed by atoms with Crippen LogP contribution in [0.1, 0.15) is 12.0 Å². The topological polar surface area (TPSA) is 101 Å². The largest absolute Gasteiger partial charge is 0.508 e. The fourth-order valence-electron chi connectivity index (χ4n) is 1.66. The van der Waals surface area contributed by atoms with Crippen LogP contribution in [0, 0.1) is 0 Å². The number of hydrogen-bond donors (Lipinski definition) is 3. The number of nitrogens with zero attached hydrogens (tertiary/aromatic N) is 2. The molecular weight excluding hydrogens is 234 g/mol. The zero-order chi connectivity index (χ0) is 13.1. The normalized spacial score (nSPS) is 10.4. The van der Waals surface area contributed by atoms with Crippen LogP contribution in [0.4, 0.5) is 5.82 Å². The van der Waals surface area contributed by atoms with Crippen LogP contribution in [0.15, 0.2) is 30.5 Å². The van der Waals surface area contributed by atoms with Crippen LogP contribution in [0.25, 0.3) is 5.69 Å². The molecule has 0 aliphatic carbocycles. The van der Waals surface area contributed by atoms with Gasteiger partial charge < -0.3 is 15.9 Å². The van der Waals surface area contributed by atoms with Crippen LogP contribution in [-0.2, 0) is 11.2 Å². The lowest BCUT2D eigenvalue weighted by atomic mass is 10.2. The molecule has 0 atom stereocenters. The smallest absolute Gasteiger partial charge is 0.303 e. The van der Waals surface area contributed by atoms with Crippen LogP contribution >= 0.6 is 0 Å². The number of aromatic nitrogens is 2. The molecule has 6 nitrogen and oxygen atoms in total. The molecule has 0 spiro atoms. The third kappa shape index (κ3) is 2.42. The summed E-state index contributed by atoms with van der Waals surface area (Å²) in [5.41, 5.74) is 7.21. The molecule has 0 unspecified atom stereocenters. The van der Waals surface area contributed by atoms with Crippen LogP contribution < -0.4 is 5.73 Å². The number of benzene rings is 1. The van der Waals surface area contributed by atoms with Gasteiger partial charge in [0.2, 0.25) is 0 Å². The van der Waals surface area contributed by atoms with Crippen molar-refractivity contribution < 1.29 is 15.0 Å². The minimum Gasteiger partial charge on any atom is -0.508 e. The third-order valence-corrected chi connectivity index (χ3v) is 2.57. The molecule has 0 saturated heterocycles. The van der Waals surface area contributed by atoms with Gasteiger partial charge in [0.1, 0.15) is 11.6 Å². The minimum absolute atomic E-state index is 0.00985. The lowest BCUT2D eigenvalue weighted by molar-refractivity contribution is -0.136. The van der Waals surface area contributed by atoms with Gasteiger partial charge in [-0.2, -0.15) is 5.10 Å². The molecule has 0 bridgehead atoms. The zero-order valence-corrected chi connectivity index (χ0v) is 9.58. The van der Waals surface area contributed by atoms with Crippen molar-refractivity contribution in [3.05, 3.63) is 36.0 Å². The van der Waals surface area contributed by atoms with Crippen molar-refractivity contribution in [2.24, 2.45) is 0 Å². The number of nitrogen functional groups attached to an aromatic ring is 1. The van der Waals surface area contributed by atoms with E-state index in [1.165, 1.54) is 10.7 Å². The van der Waals surface area contributed by atoms with E-state index < -0.39 is 5.97 Å². The fraction of sp³-hybridized carbons (Fsp3) is 0.167. The SMILES string of the molecule is Nc1c(CCC(=O)O)cnn1-c1cccc(O)c1. The Morgan fingerprint density at radius 3 is 2.89 bits per heavy atom. The van der Waals surface area contributed by atoms with E-state index in [0.29, 0.717) is 23.5 Å². The molecule has 0 amide bonds. The Balaban J connectivity index is 2.28. The summed E-state index contributed by atoms with van der Waals surface area (Å²) in [6, 6.07) is 6.52. The summed E-state index contributed by atoms with van der Waals surface area (Å²) < 4.78 is 1.47. The van der Waals surface area contributed by atoms with Crippen LogP contribution in [0.3, 0.4) is 0 Å². The Labute approximate surface area is 103 Å². The van der Waals surface area contributed by atoms with E-state index in [-0.39, 0.29) is 12.2 Å². The van der Waals surface area contributed by atoms with E-state index in [1.807, 2.05) is 0 Å². The molecule has 0 saturated carbocycles. The Bertz CT molecular complexity index is 578. The van der Waals surface area contributed by atoms with Crippen molar-refractivity contribution in [1.29, 1.82) is 0 Å². The van der Waals surface area contributed by atoms with Crippen molar-refractivity contribution in [2.75, 3.05) is 5.73 Å². The second-order valence-corrected chi connectivity index (χ2v) is 3.88. The number of nitrogens with two attached hydrogens (primary N) is 1. The third-order valence-electron chi connectivity index (χ3n) is 2.57. The molecule has 4 N–H and O–H groups in total. The van der Waals surface area contributed by atoms with E-state index in [1.54, 1.807) is 24.4 Å². The quantitative estimate of drug-likeness (QED) is 0.753. The van der Waals surface area contributed by atoms with Gasteiger partial charge >= 0.3 is 5.97 Å². The highest BCUT2D eigenvalue weighted by Gasteiger charge is 2.10. The first-order valence-electron chi connectivity index (χ1n) is 5.41. The summed E-state index contributed by atoms with van der Waals surface area (Å²) in [6.45, 7) is 0. The average molecular weight is 247 g/mol. The van der Waals surface area contributed by atoms with E-state index in [0.717, 1.165) is 0 Å². The lowest BCUT2D eigenvalue weighted by Crippen LogP contribution is -2.04. The van der Waals surface area contributed by atoms with Gasteiger partial charge in [-0.3, -0.25) is 4.79 Å². The number of carbonyl (C=O) groups is 1. The van der Waals surface area contributed by atoms with Crippen molar-refractivity contribution in [3.63, 3.8) is 0 Å². The molecule has 0 fully saturated rings. The summed E-state index contributed by atoms with van der Waals surface area (Å²) in [7, 11) is 0. The molecule has 1 aromatic heterocycles. The predicted octanol–water partition coefficient (Wildman–Crippen LogP) is 1.18. The van der Waals surface area contributed by atoms with Crippen molar-refractivity contribution >= 4 is 11.8 Å². The van der Waals surface area contributed by atoms with Crippen molar-refractivity contribution in [1.82, 2.24) is 9.78 Å². The summed E-state index contributed by atoms with van der Waals surface area (Å²) in [5.74, 6) is -0.365. The summed E-state index contributed by atoms with van der Waals surface area (Å²) in [6.07, 6.45) is 1.89. The Morgan fingerprint density at radius 2 is 2.22 bits per heavy atom. The highest BCUT2D eigenvalue weighted by Crippen LogP contribution is 2.21. The monoisotopic (exact) mass is 247 g/mol. The molecule has 1 heterocycles. The van der Waals surface area contributed by atoms with Gasteiger partial charge in [-0.15, -0.1) is 0 Å². The van der Waals surface area contributed by atoms with Gasteiger partial charge in [-0.25, -0.2) is 4.68 Å². The Kier molecular flexibility index (Phi) is 3.18. The van der Waals surface area contributed by atoms with E-state index in [2.05, 4.69) is 5.10 Å². The van der Waals surface area contributed by atoms with Gasteiger partial charge in [0.25, 0.3) is 0 Å². The van der Waals surface area contributed by atoms with Gasteiger partial charge in [-0.05, 0) is 18.6 Å². The number of phenols is 1. The van der Waals surface area contributed by atoms with Gasteiger partial charge in [0, 0.05) is 18.1 Å². The summed E-state index contributed by atoms with van der Waals surface area (Å²) in [4.78, 5) is 10.5. The Hall–Kier alpha value is -2.50. The first-order valence-corrected chi connectivity index (χ1v) is 5.41. The van der Waals surface area contributed by atoms with Gasteiger partial charge in [0.05, 0.1) is 11.9 Å². The first-order chi connectivity index (χ1) is 8.58.